The van der Waals surface area contributed by atoms with Gasteiger partial charge >= 0.3 is 0 Å². The standard InChI is InChI=1S/C14H20BrNO3/c1-18-13-7-12(15)14(19-2)6-10(13)8-16-5-3-4-11(16)9-17/h6-7,11,17H,3-5,8-9H2,1-2H3/t11-/m0/s1. The molecular formula is C14H20BrNO3. The summed E-state index contributed by atoms with van der Waals surface area (Å²) in [5, 5.41) is 9.38. The van der Waals surface area contributed by atoms with Gasteiger partial charge < -0.3 is 14.6 Å². The van der Waals surface area contributed by atoms with Crippen LogP contribution in [0.3, 0.4) is 0 Å². The van der Waals surface area contributed by atoms with Gasteiger partial charge in [0.2, 0.25) is 0 Å². The fourth-order valence-corrected chi connectivity index (χ4v) is 3.06. The Morgan fingerprint density at radius 2 is 2.05 bits per heavy atom. The van der Waals surface area contributed by atoms with Gasteiger partial charge in [-0.15, -0.1) is 0 Å². The quantitative estimate of drug-likeness (QED) is 0.900. The monoisotopic (exact) mass is 329 g/mol. The third kappa shape index (κ3) is 3.22. The summed E-state index contributed by atoms with van der Waals surface area (Å²) < 4.78 is 11.6. The number of aliphatic hydroxyl groups is 1. The normalized spacial score (nSPS) is 19.7. The van der Waals surface area contributed by atoms with Crippen molar-refractivity contribution in [2.75, 3.05) is 27.4 Å². The van der Waals surface area contributed by atoms with Crippen LogP contribution < -0.4 is 9.47 Å². The number of hydrogen-bond acceptors (Lipinski definition) is 4. The van der Waals surface area contributed by atoms with Crippen LogP contribution in [0.5, 0.6) is 11.5 Å². The van der Waals surface area contributed by atoms with E-state index in [0.29, 0.717) is 0 Å². The number of aliphatic hydroxyl groups excluding tert-OH is 1. The Kier molecular flexibility index (Phi) is 5.07. The van der Waals surface area contributed by atoms with Gasteiger partial charge in [-0.1, -0.05) is 0 Å². The van der Waals surface area contributed by atoms with Crippen LogP contribution in [-0.2, 0) is 6.54 Å². The zero-order chi connectivity index (χ0) is 13.8. The van der Waals surface area contributed by atoms with Gasteiger partial charge in [0.1, 0.15) is 11.5 Å². The third-order valence-corrected chi connectivity index (χ3v) is 4.26. The fraction of sp³-hybridized carbons (Fsp3) is 0.571. The van der Waals surface area contributed by atoms with Gasteiger partial charge in [0.15, 0.2) is 0 Å². The zero-order valence-electron chi connectivity index (χ0n) is 11.4. The number of ether oxygens (including phenoxy) is 2. The van der Waals surface area contributed by atoms with Gasteiger partial charge in [0.25, 0.3) is 0 Å². The molecule has 1 atom stereocenters. The van der Waals surface area contributed by atoms with Crippen LogP contribution in [0.1, 0.15) is 18.4 Å². The Labute approximate surface area is 122 Å². The molecule has 1 aromatic carbocycles. The van der Waals surface area contributed by atoms with Crippen molar-refractivity contribution in [1.29, 1.82) is 0 Å². The first-order chi connectivity index (χ1) is 9.19. The van der Waals surface area contributed by atoms with Gasteiger partial charge in [-0.2, -0.15) is 0 Å². The van der Waals surface area contributed by atoms with Crippen LogP contribution in [0.2, 0.25) is 0 Å². The summed E-state index contributed by atoms with van der Waals surface area (Å²) in [6.07, 6.45) is 2.20. The Hall–Kier alpha value is -0.780. The zero-order valence-corrected chi connectivity index (χ0v) is 12.9. The van der Waals surface area contributed by atoms with Crippen molar-refractivity contribution in [2.45, 2.75) is 25.4 Å². The Morgan fingerprint density at radius 1 is 1.32 bits per heavy atom. The van der Waals surface area contributed by atoms with E-state index in [4.69, 9.17) is 9.47 Å². The largest absolute Gasteiger partial charge is 0.496 e. The van der Waals surface area contributed by atoms with E-state index in [1.807, 2.05) is 12.1 Å². The highest BCUT2D eigenvalue weighted by Gasteiger charge is 2.25. The number of rotatable bonds is 5. The highest BCUT2D eigenvalue weighted by Crippen LogP contribution is 2.34. The van der Waals surface area contributed by atoms with E-state index in [-0.39, 0.29) is 12.6 Å². The Balaban J connectivity index is 2.23. The van der Waals surface area contributed by atoms with Crippen LogP contribution in [-0.4, -0.2) is 43.4 Å². The number of benzene rings is 1. The highest BCUT2D eigenvalue weighted by molar-refractivity contribution is 9.10. The topological polar surface area (TPSA) is 41.9 Å². The predicted molar refractivity (Wildman–Crippen MR) is 77.8 cm³/mol. The minimum absolute atomic E-state index is 0.218. The van der Waals surface area contributed by atoms with Gasteiger partial charge in [0.05, 0.1) is 25.3 Å². The van der Waals surface area contributed by atoms with E-state index < -0.39 is 0 Å². The molecule has 5 heteroatoms. The lowest BCUT2D eigenvalue weighted by Gasteiger charge is -2.24. The molecule has 0 aliphatic carbocycles. The number of likely N-dealkylation sites (tertiary alicyclic amines) is 1. The van der Waals surface area contributed by atoms with Crippen molar-refractivity contribution in [3.8, 4) is 11.5 Å². The van der Waals surface area contributed by atoms with Crippen molar-refractivity contribution in [1.82, 2.24) is 4.90 Å². The maximum absolute atomic E-state index is 9.38. The summed E-state index contributed by atoms with van der Waals surface area (Å²) >= 11 is 3.46. The second-order valence-electron chi connectivity index (χ2n) is 4.75. The molecule has 0 aromatic heterocycles. The first-order valence-corrected chi connectivity index (χ1v) is 7.24. The minimum Gasteiger partial charge on any atom is -0.496 e. The Morgan fingerprint density at radius 3 is 2.68 bits per heavy atom. The molecule has 1 aromatic rings. The van der Waals surface area contributed by atoms with Crippen LogP contribution in [0, 0.1) is 0 Å². The van der Waals surface area contributed by atoms with Gasteiger partial charge in [0, 0.05) is 18.2 Å². The van der Waals surface area contributed by atoms with Crippen LogP contribution in [0.4, 0.5) is 0 Å². The van der Waals surface area contributed by atoms with Crippen molar-refractivity contribution >= 4 is 15.9 Å². The molecule has 0 spiro atoms. The molecule has 0 unspecified atom stereocenters. The molecule has 1 N–H and O–H groups in total. The molecule has 19 heavy (non-hydrogen) atoms. The molecular weight excluding hydrogens is 310 g/mol. The molecule has 0 radical (unpaired) electrons. The molecule has 4 nitrogen and oxygen atoms in total. The van der Waals surface area contributed by atoms with E-state index in [1.54, 1.807) is 14.2 Å². The van der Waals surface area contributed by atoms with Gasteiger partial charge in [-0.3, -0.25) is 4.90 Å². The average molecular weight is 330 g/mol. The van der Waals surface area contributed by atoms with E-state index in [2.05, 4.69) is 20.8 Å². The van der Waals surface area contributed by atoms with Crippen LogP contribution >= 0.6 is 15.9 Å². The van der Waals surface area contributed by atoms with E-state index >= 15 is 0 Å². The number of hydrogen-bond donors (Lipinski definition) is 1. The molecule has 1 heterocycles. The molecule has 106 valence electrons. The molecule has 0 amide bonds. The van der Waals surface area contributed by atoms with Crippen LogP contribution in [0.15, 0.2) is 16.6 Å². The number of halogens is 1. The molecule has 2 rings (SSSR count). The molecule has 1 aliphatic heterocycles. The smallest absolute Gasteiger partial charge is 0.133 e. The lowest BCUT2D eigenvalue weighted by Crippen LogP contribution is -2.31. The first kappa shape index (κ1) is 14.6. The first-order valence-electron chi connectivity index (χ1n) is 6.45. The molecule has 1 fully saturated rings. The Bertz CT molecular complexity index is 439. The maximum atomic E-state index is 9.38. The summed E-state index contributed by atoms with van der Waals surface area (Å²) in [6, 6.07) is 4.19. The fourth-order valence-electron chi connectivity index (χ4n) is 2.58. The lowest BCUT2D eigenvalue weighted by molar-refractivity contribution is 0.152. The molecule has 1 aliphatic rings. The molecule has 1 saturated heterocycles. The summed E-state index contributed by atoms with van der Waals surface area (Å²) in [5.74, 6) is 1.65. The second kappa shape index (κ2) is 6.59. The summed E-state index contributed by atoms with van der Waals surface area (Å²) in [6.45, 7) is 2.01. The van der Waals surface area contributed by atoms with E-state index in [9.17, 15) is 5.11 Å². The van der Waals surface area contributed by atoms with Crippen LogP contribution in [0.25, 0.3) is 0 Å². The molecule has 0 bridgehead atoms. The molecule has 0 saturated carbocycles. The number of nitrogens with zero attached hydrogens (tertiary/aromatic N) is 1. The van der Waals surface area contributed by atoms with Crippen molar-refractivity contribution in [3.63, 3.8) is 0 Å². The summed E-state index contributed by atoms with van der Waals surface area (Å²) in [4.78, 5) is 2.30. The summed E-state index contributed by atoms with van der Waals surface area (Å²) in [7, 11) is 3.33. The van der Waals surface area contributed by atoms with Crippen molar-refractivity contribution in [2.24, 2.45) is 0 Å². The second-order valence-corrected chi connectivity index (χ2v) is 5.60. The summed E-state index contributed by atoms with van der Waals surface area (Å²) in [5.41, 5.74) is 1.09. The maximum Gasteiger partial charge on any atom is 0.133 e. The SMILES string of the molecule is COc1cc(CN2CCC[C@H]2CO)c(OC)cc1Br. The van der Waals surface area contributed by atoms with E-state index in [1.165, 1.54) is 0 Å². The number of methoxy groups -OCH3 is 2. The van der Waals surface area contributed by atoms with Gasteiger partial charge in [-0.05, 0) is 47.4 Å². The van der Waals surface area contributed by atoms with Crippen molar-refractivity contribution < 1.29 is 14.6 Å². The minimum atomic E-state index is 0.218. The van der Waals surface area contributed by atoms with Crippen molar-refractivity contribution in [3.05, 3.63) is 22.2 Å². The lowest BCUT2D eigenvalue weighted by atomic mass is 10.1. The van der Waals surface area contributed by atoms with E-state index in [0.717, 1.165) is 47.5 Å². The highest BCUT2D eigenvalue weighted by atomic mass is 79.9. The average Bonchev–Trinajstić information content (AvgIpc) is 2.87. The van der Waals surface area contributed by atoms with Gasteiger partial charge in [-0.25, -0.2) is 0 Å². The third-order valence-electron chi connectivity index (χ3n) is 3.64. The predicted octanol–water partition coefficient (Wildman–Crippen LogP) is 2.42.